The van der Waals surface area contributed by atoms with Crippen LogP contribution < -0.4 is 0 Å². The average molecular weight is 933 g/mol. The van der Waals surface area contributed by atoms with Crippen molar-refractivity contribution >= 4 is 97.0 Å². The normalized spacial score (nSPS) is 13.9. The monoisotopic (exact) mass is 932 g/mol. The summed E-state index contributed by atoms with van der Waals surface area (Å²) in [6.07, 6.45) is 0. The Bertz CT molecular complexity index is 4680. The third-order valence-corrected chi connectivity index (χ3v) is 17.4. The molecule has 0 saturated carbocycles. The third kappa shape index (κ3) is 5.78. The zero-order valence-corrected chi connectivity index (χ0v) is 43.0. The highest BCUT2D eigenvalue weighted by Gasteiger charge is 2.39. The molecule has 0 nitrogen and oxygen atoms in total. The molecule has 0 saturated heterocycles. The number of fused-ring (bicyclic) bond motifs is 13. The van der Waals surface area contributed by atoms with Gasteiger partial charge in [0.1, 0.15) is 0 Å². The lowest BCUT2D eigenvalue weighted by Gasteiger charge is -2.27. The summed E-state index contributed by atoms with van der Waals surface area (Å²) in [6, 6.07) is 75.2. The van der Waals surface area contributed by atoms with Crippen LogP contribution in [0.25, 0.3) is 141 Å². The van der Waals surface area contributed by atoms with Gasteiger partial charge in [-0.05, 0) is 193 Å². The molecular formula is C73H56. The molecule has 0 bridgehead atoms. The van der Waals surface area contributed by atoms with E-state index in [0.717, 1.165) is 0 Å². The molecule has 0 atom stereocenters. The molecule has 0 fully saturated rings. The predicted octanol–water partition coefficient (Wildman–Crippen LogP) is 20.8. The Balaban J connectivity index is 1.11. The Morgan fingerprint density at radius 3 is 1.48 bits per heavy atom. The van der Waals surface area contributed by atoms with Gasteiger partial charge in [-0.2, -0.15) is 0 Å². The molecule has 348 valence electrons. The van der Waals surface area contributed by atoms with E-state index < -0.39 is 0 Å². The lowest BCUT2D eigenvalue weighted by atomic mass is 9.76. The molecular weight excluding hydrogens is 877 g/mol. The maximum absolute atomic E-state index is 2.60. The zero-order chi connectivity index (χ0) is 49.4. The number of hydrogen-bond donors (Lipinski definition) is 0. The van der Waals surface area contributed by atoms with Gasteiger partial charge in [-0.15, -0.1) is 0 Å². The van der Waals surface area contributed by atoms with Crippen LogP contribution in [0, 0.1) is 0 Å². The van der Waals surface area contributed by atoms with Crippen LogP contribution in [0.5, 0.6) is 0 Å². The summed E-state index contributed by atoms with van der Waals surface area (Å²) in [6.45, 7) is 19.0. The van der Waals surface area contributed by atoms with Gasteiger partial charge in [-0.25, -0.2) is 0 Å². The van der Waals surface area contributed by atoms with E-state index in [-0.39, 0.29) is 16.2 Å². The quantitative estimate of drug-likeness (QED) is 0.155. The molecule has 73 heavy (non-hydrogen) atoms. The molecule has 0 radical (unpaired) electrons. The van der Waals surface area contributed by atoms with Crippen molar-refractivity contribution in [2.24, 2.45) is 0 Å². The molecule has 1 aliphatic carbocycles. The van der Waals surface area contributed by atoms with Crippen LogP contribution >= 0.6 is 0 Å². The van der Waals surface area contributed by atoms with E-state index in [1.54, 1.807) is 0 Å². The molecule has 14 aromatic carbocycles. The lowest BCUT2D eigenvalue weighted by Crippen LogP contribution is -2.19. The van der Waals surface area contributed by atoms with Gasteiger partial charge >= 0.3 is 0 Å². The summed E-state index contributed by atoms with van der Waals surface area (Å²) in [5, 5.41) is 23.5. The van der Waals surface area contributed by atoms with Gasteiger partial charge in [0.25, 0.3) is 0 Å². The van der Waals surface area contributed by atoms with Crippen molar-refractivity contribution in [2.75, 3.05) is 0 Å². The molecule has 0 aromatic heterocycles. The molecule has 0 unspecified atom stereocenters. The Labute approximate surface area is 427 Å². The van der Waals surface area contributed by atoms with Crippen LogP contribution in [0.2, 0.25) is 0 Å². The lowest BCUT2D eigenvalue weighted by molar-refractivity contribution is 0.580. The van der Waals surface area contributed by atoms with E-state index in [2.05, 4.69) is 250 Å². The molecule has 0 amide bonds. The highest BCUT2D eigenvalue weighted by molar-refractivity contribution is 6.45. The minimum Gasteiger partial charge on any atom is -0.0616 e. The Morgan fingerprint density at radius 2 is 0.808 bits per heavy atom. The van der Waals surface area contributed by atoms with Crippen molar-refractivity contribution in [3.8, 4) is 44.5 Å². The first-order valence-corrected chi connectivity index (χ1v) is 26.3. The number of hydrogen-bond acceptors (Lipinski definition) is 0. The van der Waals surface area contributed by atoms with E-state index in [9.17, 15) is 0 Å². The summed E-state index contributed by atoms with van der Waals surface area (Å²) in [4.78, 5) is 0. The fourth-order valence-corrected chi connectivity index (χ4v) is 13.8. The first kappa shape index (κ1) is 42.6. The third-order valence-electron chi connectivity index (χ3n) is 17.4. The van der Waals surface area contributed by atoms with Gasteiger partial charge < -0.3 is 0 Å². The maximum Gasteiger partial charge on any atom is 0.0159 e. The topological polar surface area (TPSA) is 0 Å². The van der Waals surface area contributed by atoms with Gasteiger partial charge in [0.05, 0.1) is 0 Å². The first-order chi connectivity index (χ1) is 35.3. The summed E-state index contributed by atoms with van der Waals surface area (Å²) >= 11 is 0. The highest BCUT2D eigenvalue weighted by atomic mass is 14.4. The van der Waals surface area contributed by atoms with Crippen molar-refractivity contribution in [2.45, 2.75) is 71.6 Å². The second kappa shape index (κ2) is 14.6. The van der Waals surface area contributed by atoms with Crippen LogP contribution in [-0.4, -0.2) is 0 Å². The summed E-state index contributed by atoms with van der Waals surface area (Å²) < 4.78 is 0. The molecule has 0 heterocycles. The predicted molar refractivity (Wildman–Crippen MR) is 318 cm³/mol. The van der Waals surface area contributed by atoms with Gasteiger partial charge in [0.15, 0.2) is 0 Å². The minimum atomic E-state index is -0.142. The fraction of sp³-hybridized carbons (Fsp3) is 0.151. The Kier molecular flexibility index (Phi) is 8.49. The second-order valence-electron chi connectivity index (χ2n) is 23.9. The fourth-order valence-electron chi connectivity index (χ4n) is 13.8. The average Bonchev–Trinajstić information content (AvgIpc) is 3.98. The number of rotatable bonds is 3. The van der Waals surface area contributed by atoms with Crippen LogP contribution in [0.1, 0.15) is 77.6 Å². The van der Waals surface area contributed by atoms with Crippen molar-refractivity contribution in [1.82, 2.24) is 0 Å². The Morgan fingerprint density at radius 1 is 0.274 bits per heavy atom. The van der Waals surface area contributed by atoms with E-state index >= 15 is 0 Å². The summed E-state index contributed by atoms with van der Waals surface area (Å²) in [5.74, 6) is 0. The van der Waals surface area contributed by atoms with Crippen molar-refractivity contribution in [1.29, 1.82) is 0 Å². The molecule has 14 aromatic rings. The molecule has 0 N–H and O–H groups in total. The van der Waals surface area contributed by atoms with Gasteiger partial charge in [0, 0.05) is 5.41 Å². The number of benzene rings is 12. The van der Waals surface area contributed by atoms with Crippen LogP contribution in [0.15, 0.2) is 194 Å². The maximum atomic E-state index is 2.60. The first-order valence-electron chi connectivity index (χ1n) is 26.3. The van der Waals surface area contributed by atoms with Crippen molar-refractivity contribution in [3.63, 3.8) is 0 Å². The molecule has 15 rings (SSSR count). The Hall–Kier alpha value is -8.06. The van der Waals surface area contributed by atoms with E-state index in [0.29, 0.717) is 0 Å². The second-order valence-corrected chi connectivity index (χ2v) is 23.9. The zero-order valence-electron chi connectivity index (χ0n) is 43.0. The van der Waals surface area contributed by atoms with Crippen molar-refractivity contribution < 1.29 is 0 Å². The van der Waals surface area contributed by atoms with Crippen LogP contribution in [0.3, 0.4) is 0 Å². The van der Waals surface area contributed by atoms with Crippen molar-refractivity contribution in [3.05, 3.63) is 216 Å². The smallest absolute Gasteiger partial charge is 0.0159 e. The van der Waals surface area contributed by atoms with Crippen LogP contribution in [-0.2, 0) is 16.2 Å². The molecule has 1 aliphatic rings. The molecule has 0 heteroatoms. The van der Waals surface area contributed by atoms with E-state index in [4.69, 9.17) is 0 Å². The minimum absolute atomic E-state index is 0.0280. The molecule has 0 aliphatic heterocycles. The van der Waals surface area contributed by atoms with Gasteiger partial charge in [-0.1, -0.05) is 231 Å². The van der Waals surface area contributed by atoms with Gasteiger partial charge in [0.2, 0.25) is 0 Å². The van der Waals surface area contributed by atoms with E-state index in [1.807, 2.05) is 0 Å². The van der Waals surface area contributed by atoms with E-state index in [1.165, 1.54) is 164 Å². The van der Waals surface area contributed by atoms with Crippen LogP contribution in [0.4, 0.5) is 0 Å². The van der Waals surface area contributed by atoms with Gasteiger partial charge in [-0.3, -0.25) is 0 Å². The standard InChI is InChI=1S/C73H56/c1-71(2,3)45-33-35-53-61(38-45)73(7,8)62-39-46(72(4,5)6)37-57(65(53)62)44-32-34-49-58(36-44)52-28-17-31-56-64(52)59(49)40-60-66(50-26-13-20-41-18-9-11-24-47(41)50)69-54-29-15-22-43-23-16-30-55(63(43)54)70(69)68(67(56)60)51-27-14-21-42-19-10-12-25-48(42)51/h9-40H,1-8H3. The SMILES string of the molecule is CC(C)(C)c1ccc2c(c1)C(C)(C)c1cc(C(C)(C)C)cc(-c3ccc4c(c3)c3cccc5c6c(-c7cccc8ccccc78)c7c8cccc9cccc(c7c(-c7cccc%10ccccc7%10)c6cc4c35)c98)c1-2. The summed E-state index contributed by atoms with van der Waals surface area (Å²) in [7, 11) is 0. The summed E-state index contributed by atoms with van der Waals surface area (Å²) in [5.41, 5.74) is 16.1. The highest BCUT2D eigenvalue weighted by Crippen LogP contribution is 2.58. The largest absolute Gasteiger partial charge is 0.0616 e. The molecule has 0 spiro atoms.